The van der Waals surface area contributed by atoms with Gasteiger partial charge in [0.2, 0.25) is 0 Å². The molecule has 1 aromatic carbocycles. The number of hydrogen-bond donors (Lipinski definition) is 0. The molecule has 0 amide bonds. The lowest BCUT2D eigenvalue weighted by molar-refractivity contribution is 0.414. The molecule has 1 aliphatic rings. The minimum atomic E-state index is 0.233. The van der Waals surface area contributed by atoms with E-state index in [0.717, 1.165) is 0 Å². The first-order valence-corrected chi connectivity index (χ1v) is 5.79. The highest BCUT2D eigenvalue weighted by Crippen LogP contribution is 2.45. The quantitative estimate of drug-likeness (QED) is 0.591. The van der Waals surface area contributed by atoms with Gasteiger partial charge in [-0.15, -0.1) is 0 Å². The molecule has 81 valence electrons. The van der Waals surface area contributed by atoms with Gasteiger partial charge in [-0.1, -0.05) is 51.5 Å². The molecule has 0 unspecified atom stereocenters. The van der Waals surface area contributed by atoms with Gasteiger partial charge in [0, 0.05) is 0 Å². The smallest absolute Gasteiger partial charge is 0.00690 e. The summed E-state index contributed by atoms with van der Waals surface area (Å²) < 4.78 is 0. The largest absolute Gasteiger partial charge is 0.0590 e. The van der Waals surface area contributed by atoms with Crippen molar-refractivity contribution in [1.29, 1.82) is 0 Å². The molecular formula is C15H21. The first-order valence-electron chi connectivity index (χ1n) is 5.79. The molecule has 2 rings (SSSR count). The molecule has 0 aliphatic heterocycles. The summed E-state index contributed by atoms with van der Waals surface area (Å²) in [5, 5.41) is 0. The molecule has 1 radical (unpaired) electrons. The predicted octanol–water partition coefficient (Wildman–Crippen LogP) is 4.16. The standard InChI is InChI=1S/C15H21/c1-11-6-7-12-13(10-11)15(4,5)9-8-14(12,2)3/h6-7,9-10H,8H2,1-5H3. The van der Waals surface area contributed by atoms with E-state index in [1.807, 2.05) is 0 Å². The van der Waals surface area contributed by atoms with Crippen LogP contribution in [0.4, 0.5) is 0 Å². The highest BCUT2D eigenvalue weighted by Gasteiger charge is 2.36. The first-order chi connectivity index (χ1) is 6.83. The fourth-order valence-corrected chi connectivity index (χ4v) is 2.51. The van der Waals surface area contributed by atoms with E-state index in [1.54, 1.807) is 0 Å². The van der Waals surface area contributed by atoms with Crippen LogP contribution in [0.3, 0.4) is 0 Å². The minimum absolute atomic E-state index is 0.233. The van der Waals surface area contributed by atoms with Crippen molar-refractivity contribution in [2.24, 2.45) is 0 Å². The Morgan fingerprint density at radius 3 is 2.33 bits per heavy atom. The summed E-state index contributed by atoms with van der Waals surface area (Å²) in [4.78, 5) is 0. The number of rotatable bonds is 0. The molecule has 0 aromatic heterocycles. The summed E-state index contributed by atoms with van der Waals surface area (Å²) >= 11 is 0. The minimum Gasteiger partial charge on any atom is -0.0590 e. The van der Waals surface area contributed by atoms with E-state index in [1.165, 1.54) is 23.1 Å². The maximum atomic E-state index is 2.47. The van der Waals surface area contributed by atoms with E-state index < -0.39 is 0 Å². The average molecular weight is 201 g/mol. The molecule has 1 aromatic rings. The maximum absolute atomic E-state index is 2.47. The van der Waals surface area contributed by atoms with Crippen molar-refractivity contribution >= 4 is 0 Å². The third-order valence-corrected chi connectivity index (χ3v) is 3.72. The number of hydrogen-bond acceptors (Lipinski definition) is 0. The molecule has 0 heterocycles. The molecule has 0 bridgehead atoms. The summed E-state index contributed by atoms with van der Waals surface area (Å²) in [7, 11) is 0. The Morgan fingerprint density at radius 2 is 1.67 bits per heavy atom. The molecule has 0 spiro atoms. The Bertz CT molecular complexity index is 383. The summed E-state index contributed by atoms with van der Waals surface area (Å²) in [6.07, 6.45) is 3.64. The fourth-order valence-electron chi connectivity index (χ4n) is 2.51. The van der Waals surface area contributed by atoms with Gasteiger partial charge in [-0.2, -0.15) is 0 Å². The predicted molar refractivity (Wildman–Crippen MR) is 66.1 cm³/mol. The van der Waals surface area contributed by atoms with Crippen molar-refractivity contribution in [3.05, 3.63) is 41.3 Å². The van der Waals surface area contributed by atoms with Gasteiger partial charge in [0.15, 0.2) is 0 Å². The molecule has 0 saturated heterocycles. The Balaban J connectivity index is 2.64. The topological polar surface area (TPSA) is 0 Å². The van der Waals surface area contributed by atoms with Crippen molar-refractivity contribution in [3.8, 4) is 0 Å². The zero-order valence-electron chi connectivity index (χ0n) is 10.5. The summed E-state index contributed by atoms with van der Waals surface area (Å²) in [6, 6.07) is 6.91. The van der Waals surface area contributed by atoms with Gasteiger partial charge in [-0.05, 0) is 41.7 Å². The van der Waals surface area contributed by atoms with E-state index >= 15 is 0 Å². The Labute approximate surface area is 93.7 Å². The number of fused-ring (bicyclic) bond motifs is 1. The van der Waals surface area contributed by atoms with E-state index in [2.05, 4.69) is 59.2 Å². The van der Waals surface area contributed by atoms with E-state index in [-0.39, 0.29) is 5.41 Å². The molecule has 1 aliphatic carbocycles. The van der Waals surface area contributed by atoms with E-state index in [4.69, 9.17) is 0 Å². The molecule has 0 nitrogen and oxygen atoms in total. The van der Waals surface area contributed by atoms with Crippen LogP contribution < -0.4 is 0 Å². The van der Waals surface area contributed by atoms with Gasteiger partial charge in [-0.25, -0.2) is 0 Å². The summed E-state index contributed by atoms with van der Waals surface area (Å²) in [5.41, 5.74) is 4.95. The number of aryl methyl sites for hydroxylation is 1. The monoisotopic (exact) mass is 201 g/mol. The SMILES string of the molecule is Cc1ccc2c(c1)C(C)(C)[CH]CC2(C)C. The highest BCUT2D eigenvalue weighted by molar-refractivity contribution is 5.45. The second-order valence-electron chi connectivity index (χ2n) is 6.06. The first kappa shape index (κ1) is 10.7. The fraction of sp³-hybridized carbons (Fsp3) is 0.533. The zero-order chi connectivity index (χ0) is 11.3. The van der Waals surface area contributed by atoms with Gasteiger partial charge < -0.3 is 0 Å². The molecule has 0 saturated carbocycles. The Morgan fingerprint density at radius 1 is 1.00 bits per heavy atom. The molecule has 0 N–H and O–H groups in total. The summed E-state index contributed by atoms with van der Waals surface area (Å²) in [6.45, 7) is 11.5. The lowest BCUT2D eigenvalue weighted by Crippen LogP contribution is -2.34. The highest BCUT2D eigenvalue weighted by atomic mass is 14.4. The van der Waals surface area contributed by atoms with Crippen molar-refractivity contribution in [1.82, 2.24) is 0 Å². The van der Waals surface area contributed by atoms with Gasteiger partial charge in [0.1, 0.15) is 0 Å². The zero-order valence-corrected chi connectivity index (χ0v) is 10.5. The maximum Gasteiger partial charge on any atom is -0.00690 e. The third kappa shape index (κ3) is 1.71. The van der Waals surface area contributed by atoms with Crippen molar-refractivity contribution in [2.45, 2.75) is 51.9 Å². The Hall–Kier alpha value is -0.780. The molecule has 15 heavy (non-hydrogen) atoms. The van der Waals surface area contributed by atoms with Crippen LogP contribution in [0.2, 0.25) is 0 Å². The normalized spacial score (nSPS) is 22.2. The van der Waals surface area contributed by atoms with Crippen LogP contribution in [-0.2, 0) is 10.8 Å². The van der Waals surface area contributed by atoms with Gasteiger partial charge in [-0.3, -0.25) is 0 Å². The van der Waals surface area contributed by atoms with E-state index in [9.17, 15) is 0 Å². The van der Waals surface area contributed by atoms with Crippen LogP contribution >= 0.6 is 0 Å². The number of benzene rings is 1. The lowest BCUT2D eigenvalue weighted by Gasteiger charge is -2.41. The van der Waals surface area contributed by atoms with Gasteiger partial charge in [0.25, 0.3) is 0 Å². The Kier molecular flexibility index (Phi) is 2.22. The molecular weight excluding hydrogens is 180 g/mol. The van der Waals surface area contributed by atoms with Crippen LogP contribution in [-0.4, -0.2) is 0 Å². The van der Waals surface area contributed by atoms with Crippen LogP contribution in [0.5, 0.6) is 0 Å². The van der Waals surface area contributed by atoms with Gasteiger partial charge in [0.05, 0.1) is 0 Å². The van der Waals surface area contributed by atoms with Crippen LogP contribution in [0.1, 0.15) is 50.8 Å². The molecule has 0 fully saturated rings. The second kappa shape index (κ2) is 3.10. The molecule has 0 atom stereocenters. The van der Waals surface area contributed by atoms with Crippen LogP contribution in [0.25, 0.3) is 0 Å². The third-order valence-electron chi connectivity index (χ3n) is 3.72. The average Bonchev–Trinajstić information content (AvgIpc) is 2.13. The van der Waals surface area contributed by atoms with Crippen molar-refractivity contribution in [2.75, 3.05) is 0 Å². The van der Waals surface area contributed by atoms with E-state index in [0.29, 0.717) is 5.41 Å². The molecule has 0 heteroatoms. The lowest BCUT2D eigenvalue weighted by atomic mass is 9.63. The van der Waals surface area contributed by atoms with Crippen molar-refractivity contribution in [3.63, 3.8) is 0 Å². The van der Waals surface area contributed by atoms with Crippen LogP contribution in [0, 0.1) is 13.3 Å². The summed E-state index contributed by atoms with van der Waals surface area (Å²) in [5.74, 6) is 0. The van der Waals surface area contributed by atoms with Crippen molar-refractivity contribution < 1.29 is 0 Å². The second-order valence-corrected chi connectivity index (χ2v) is 6.06. The van der Waals surface area contributed by atoms with Crippen LogP contribution in [0.15, 0.2) is 18.2 Å². The van der Waals surface area contributed by atoms with Gasteiger partial charge >= 0.3 is 0 Å².